The minimum absolute atomic E-state index is 0.0748. The molecule has 0 aliphatic rings. The SMILES string of the molecule is CC(NC(=O)c1cnn(C)c1)c1ccc(-c2ccncc2)cc1. The summed E-state index contributed by atoms with van der Waals surface area (Å²) in [5, 5.41) is 7.00. The zero-order valence-electron chi connectivity index (χ0n) is 13.1. The van der Waals surface area contributed by atoms with Gasteiger partial charge in [-0.1, -0.05) is 24.3 Å². The van der Waals surface area contributed by atoms with E-state index in [2.05, 4.69) is 27.5 Å². The fourth-order valence-corrected chi connectivity index (χ4v) is 2.41. The Morgan fingerprint density at radius 3 is 2.35 bits per heavy atom. The van der Waals surface area contributed by atoms with Crippen LogP contribution >= 0.6 is 0 Å². The average molecular weight is 306 g/mol. The molecule has 23 heavy (non-hydrogen) atoms. The van der Waals surface area contributed by atoms with Crippen LogP contribution in [0.4, 0.5) is 0 Å². The van der Waals surface area contributed by atoms with E-state index in [1.807, 2.05) is 31.2 Å². The van der Waals surface area contributed by atoms with Gasteiger partial charge in [-0.05, 0) is 35.7 Å². The molecular weight excluding hydrogens is 288 g/mol. The second kappa shape index (κ2) is 6.44. The Morgan fingerprint density at radius 1 is 1.09 bits per heavy atom. The van der Waals surface area contributed by atoms with Crippen LogP contribution in [0, 0.1) is 0 Å². The normalized spacial score (nSPS) is 11.9. The van der Waals surface area contributed by atoms with Crippen LogP contribution in [0.5, 0.6) is 0 Å². The third-order valence-corrected chi connectivity index (χ3v) is 3.74. The fourth-order valence-electron chi connectivity index (χ4n) is 2.41. The standard InChI is InChI=1S/C18H18N4O/c1-13(21-18(23)17-11-20-22(2)12-17)14-3-5-15(6-4-14)16-7-9-19-10-8-16/h3-13H,1-2H3,(H,21,23). The molecule has 0 saturated heterocycles. The third-order valence-electron chi connectivity index (χ3n) is 3.74. The molecule has 1 amide bonds. The summed E-state index contributed by atoms with van der Waals surface area (Å²) in [6, 6.07) is 12.0. The molecule has 5 nitrogen and oxygen atoms in total. The summed E-state index contributed by atoms with van der Waals surface area (Å²) in [5.41, 5.74) is 3.87. The van der Waals surface area contributed by atoms with E-state index in [-0.39, 0.29) is 11.9 Å². The van der Waals surface area contributed by atoms with Crippen molar-refractivity contribution >= 4 is 5.91 Å². The van der Waals surface area contributed by atoms with Gasteiger partial charge in [0.15, 0.2) is 0 Å². The van der Waals surface area contributed by atoms with Crippen LogP contribution in [0.3, 0.4) is 0 Å². The predicted octanol–water partition coefficient (Wildman–Crippen LogP) is 2.97. The molecule has 5 heteroatoms. The Kier molecular flexibility index (Phi) is 4.19. The second-order valence-electron chi connectivity index (χ2n) is 5.46. The van der Waals surface area contributed by atoms with Crippen molar-refractivity contribution < 1.29 is 4.79 Å². The number of carbonyl (C=O) groups excluding carboxylic acids is 1. The van der Waals surface area contributed by atoms with Crippen molar-refractivity contribution in [2.24, 2.45) is 7.05 Å². The Hall–Kier alpha value is -2.95. The molecule has 0 spiro atoms. The van der Waals surface area contributed by atoms with E-state index in [1.165, 1.54) is 0 Å². The smallest absolute Gasteiger partial charge is 0.254 e. The van der Waals surface area contributed by atoms with Crippen LogP contribution in [0.25, 0.3) is 11.1 Å². The predicted molar refractivity (Wildman–Crippen MR) is 88.8 cm³/mol. The maximum atomic E-state index is 12.2. The molecule has 0 aliphatic carbocycles. The van der Waals surface area contributed by atoms with Crippen molar-refractivity contribution in [3.63, 3.8) is 0 Å². The number of nitrogens with zero attached hydrogens (tertiary/aromatic N) is 3. The van der Waals surface area contributed by atoms with Crippen molar-refractivity contribution in [3.05, 3.63) is 72.3 Å². The molecule has 0 bridgehead atoms. The number of nitrogens with one attached hydrogen (secondary N) is 1. The van der Waals surface area contributed by atoms with Crippen molar-refractivity contribution in [1.82, 2.24) is 20.1 Å². The number of amides is 1. The summed E-state index contributed by atoms with van der Waals surface area (Å²) >= 11 is 0. The summed E-state index contributed by atoms with van der Waals surface area (Å²) in [4.78, 5) is 16.2. The molecule has 1 atom stereocenters. The van der Waals surface area contributed by atoms with E-state index in [0.717, 1.165) is 16.7 Å². The van der Waals surface area contributed by atoms with Gasteiger partial charge in [0.25, 0.3) is 5.91 Å². The number of benzene rings is 1. The zero-order valence-corrected chi connectivity index (χ0v) is 13.1. The number of rotatable bonds is 4. The van der Waals surface area contributed by atoms with Crippen LogP contribution in [-0.2, 0) is 7.05 Å². The highest BCUT2D eigenvalue weighted by Crippen LogP contribution is 2.21. The van der Waals surface area contributed by atoms with Gasteiger partial charge in [0.1, 0.15) is 0 Å². The Morgan fingerprint density at radius 2 is 1.74 bits per heavy atom. The van der Waals surface area contributed by atoms with Gasteiger partial charge in [-0.15, -0.1) is 0 Å². The summed E-state index contributed by atoms with van der Waals surface area (Å²) in [6.07, 6.45) is 6.82. The van der Waals surface area contributed by atoms with Gasteiger partial charge in [0, 0.05) is 25.6 Å². The van der Waals surface area contributed by atoms with Gasteiger partial charge in [0.05, 0.1) is 17.8 Å². The molecular formula is C18H18N4O. The molecule has 2 aromatic heterocycles. The van der Waals surface area contributed by atoms with E-state index in [0.29, 0.717) is 5.56 Å². The van der Waals surface area contributed by atoms with Gasteiger partial charge in [0.2, 0.25) is 0 Å². The highest BCUT2D eigenvalue weighted by Gasteiger charge is 2.12. The molecule has 3 aromatic rings. The maximum absolute atomic E-state index is 12.2. The monoisotopic (exact) mass is 306 g/mol. The lowest BCUT2D eigenvalue weighted by atomic mass is 10.0. The van der Waals surface area contributed by atoms with Crippen LogP contribution in [0.15, 0.2) is 61.2 Å². The largest absolute Gasteiger partial charge is 0.345 e. The second-order valence-corrected chi connectivity index (χ2v) is 5.46. The first-order valence-corrected chi connectivity index (χ1v) is 7.43. The first kappa shape index (κ1) is 15.0. The van der Waals surface area contributed by atoms with E-state index in [9.17, 15) is 4.79 Å². The average Bonchev–Trinajstić information content (AvgIpc) is 3.02. The van der Waals surface area contributed by atoms with Crippen LogP contribution in [0.1, 0.15) is 28.9 Å². The third kappa shape index (κ3) is 3.45. The first-order valence-electron chi connectivity index (χ1n) is 7.43. The van der Waals surface area contributed by atoms with Gasteiger partial charge in [-0.2, -0.15) is 5.10 Å². The van der Waals surface area contributed by atoms with Crippen molar-refractivity contribution in [1.29, 1.82) is 0 Å². The number of hydrogen-bond acceptors (Lipinski definition) is 3. The summed E-state index contributed by atoms with van der Waals surface area (Å²) in [5.74, 6) is -0.121. The van der Waals surface area contributed by atoms with Crippen LogP contribution < -0.4 is 5.32 Å². The lowest BCUT2D eigenvalue weighted by molar-refractivity contribution is 0.0940. The minimum Gasteiger partial charge on any atom is -0.345 e. The molecule has 2 heterocycles. The van der Waals surface area contributed by atoms with E-state index < -0.39 is 0 Å². The number of hydrogen-bond donors (Lipinski definition) is 1. The summed E-state index contributed by atoms with van der Waals surface area (Å²) in [7, 11) is 1.79. The van der Waals surface area contributed by atoms with Gasteiger partial charge >= 0.3 is 0 Å². The number of aromatic nitrogens is 3. The molecule has 0 saturated carbocycles. The summed E-state index contributed by atoms with van der Waals surface area (Å²) < 4.78 is 1.61. The molecule has 1 N–H and O–H groups in total. The first-order chi connectivity index (χ1) is 11.1. The lowest BCUT2D eigenvalue weighted by Crippen LogP contribution is -2.26. The maximum Gasteiger partial charge on any atom is 0.254 e. The fraction of sp³-hybridized carbons (Fsp3) is 0.167. The minimum atomic E-state index is -0.121. The zero-order chi connectivity index (χ0) is 16.2. The number of pyridine rings is 1. The van der Waals surface area contributed by atoms with E-state index >= 15 is 0 Å². The Balaban J connectivity index is 1.70. The molecule has 0 aliphatic heterocycles. The molecule has 0 fully saturated rings. The van der Waals surface area contributed by atoms with Crippen molar-refractivity contribution in [2.75, 3.05) is 0 Å². The molecule has 116 valence electrons. The number of carbonyl (C=O) groups is 1. The van der Waals surface area contributed by atoms with E-state index in [1.54, 1.807) is 36.5 Å². The van der Waals surface area contributed by atoms with Gasteiger partial charge < -0.3 is 5.32 Å². The van der Waals surface area contributed by atoms with Gasteiger partial charge in [-0.25, -0.2) is 0 Å². The van der Waals surface area contributed by atoms with Crippen molar-refractivity contribution in [3.8, 4) is 11.1 Å². The van der Waals surface area contributed by atoms with Crippen LogP contribution in [-0.4, -0.2) is 20.7 Å². The summed E-state index contributed by atoms with van der Waals surface area (Å²) in [6.45, 7) is 1.97. The van der Waals surface area contributed by atoms with Crippen molar-refractivity contribution in [2.45, 2.75) is 13.0 Å². The molecule has 0 radical (unpaired) electrons. The van der Waals surface area contributed by atoms with E-state index in [4.69, 9.17) is 0 Å². The highest BCUT2D eigenvalue weighted by atomic mass is 16.1. The van der Waals surface area contributed by atoms with Gasteiger partial charge in [-0.3, -0.25) is 14.5 Å². The quantitative estimate of drug-likeness (QED) is 0.806. The topological polar surface area (TPSA) is 59.8 Å². The lowest BCUT2D eigenvalue weighted by Gasteiger charge is -2.14. The highest BCUT2D eigenvalue weighted by molar-refractivity contribution is 5.93. The van der Waals surface area contributed by atoms with Crippen LogP contribution in [0.2, 0.25) is 0 Å². The molecule has 1 unspecified atom stereocenters. The Labute approximate surface area is 135 Å². The number of aryl methyl sites for hydroxylation is 1. The Bertz CT molecular complexity index is 793. The molecule has 1 aromatic carbocycles. The molecule has 3 rings (SSSR count).